The third-order valence-corrected chi connectivity index (χ3v) is 4.04. The van der Waals surface area contributed by atoms with E-state index in [2.05, 4.69) is 31.1 Å². The fourth-order valence-electron chi connectivity index (χ4n) is 2.41. The molecule has 17 heavy (non-hydrogen) atoms. The highest BCUT2D eigenvalue weighted by Gasteiger charge is 2.29. The molecule has 1 saturated carbocycles. The lowest BCUT2D eigenvalue weighted by molar-refractivity contribution is 0.229. The number of rotatable bonds is 11. The summed E-state index contributed by atoms with van der Waals surface area (Å²) in [4.78, 5) is 2.56. The van der Waals surface area contributed by atoms with Gasteiger partial charge in [0.25, 0.3) is 0 Å². The fraction of sp³-hybridized carbons (Fsp3) is 1.00. The largest absolute Gasteiger partial charge is 0.317 e. The summed E-state index contributed by atoms with van der Waals surface area (Å²) in [6.45, 7) is 8.31. The van der Waals surface area contributed by atoms with Crippen molar-refractivity contribution in [1.29, 1.82) is 0 Å². The van der Waals surface area contributed by atoms with Crippen LogP contribution in [-0.4, -0.2) is 37.6 Å². The molecule has 1 N–H and O–H groups in total. The number of unbranched alkanes of at least 4 members (excludes halogenated alkanes) is 3. The molecule has 102 valence electrons. The zero-order valence-electron chi connectivity index (χ0n) is 12.2. The van der Waals surface area contributed by atoms with E-state index in [9.17, 15) is 0 Å². The second kappa shape index (κ2) is 8.93. The molecule has 1 aliphatic carbocycles. The normalized spacial score (nSPS) is 17.6. The second-order valence-corrected chi connectivity index (χ2v) is 5.72. The van der Waals surface area contributed by atoms with Gasteiger partial charge in [0.1, 0.15) is 0 Å². The van der Waals surface area contributed by atoms with Gasteiger partial charge in [0, 0.05) is 6.04 Å². The first-order valence-corrected chi connectivity index (χ1v) is 7.66. The van der Waals surface area contributed by atoms with Gasteiger partial charge >= 0.3 is 0 Å². The Hall–Kier alpha value is -0.0800. The van der Waals surface area contributed by atoms with Crippen LogP contribution in [-0.2, 0) is 0 Å². The molecule has 1 atom stereocenters. The first-order chi connectivity index (χ1) is 8.25. The average molecular weight is 240 g/mol. The Kier molecular flexibility index (Phi) is 7.87. The molecule has 0 spiro atoms. The maximum Gasteiger partial charge on any atom is 0.00921 e. The van der Waals surface area contributed by atoms with Gasteiger partial charge in [0.15, 0.2) is 0 Å². The summed E-state index contributed by atoms with van der Waals surface area (Å²) in [5, 5.41) is 3.47. The van der Waals surface area contributed by atoms with Crippen LogP contribution in [0, 0.1) is 5.92 Å². The first-order valence-electron chi connectivity index (χ1n) is 7.66. The third kappa shape index (κ3) is 7.05. The summed E-state index contributed by atoms with van der Waals surface area (Å²) < 4.78 is 0. The van der Waals surface area contributed by atoms with Crippen molar-refractivity contribution >= 4 is 0 Å². The highest BCUT2D eigenvalue weighted by Crippen LogP contribution is 2.34. The van der Waals surface area contributed by atoms with Crippen LogP contribution in [0.5, 0.6) is 0 Å². The Bertz CT molecular complexity index is 178. The van der Waals surface area contributed by atoms with Gasteiger partial charge in [-0.05, 0) is 71.6 Å². The Morgan fingerprint density at radius 1 is 1.12 bits per heavy atom. The second-order valence-electron chi connectivity index (χ2n) is 5.72. The van der Waals surface area contributed by atoms with Crippen LogP contribution >= 0.6 is 0 Å². The van der Waals surface area contributed by atoms with E-state index >= 15 is 0 Å². The molecule has 0 amide bonds. The lowest BCUT2D eigenvalue weighted by Gasteiger charge is -2.24. The standard InChI is InChI=1S/C15H32N2/c1-4-11-16-12-7-5-6-8-13-17(3)14(2)15-9-10-15/h14-16H,4-13H2,1-3H3. The molecule has 0 saturated heterocycles. The van der Waals surface area contributed by atoms with Gasteiger partial charge in [-0.15, -0.1) is 0 Å². The zero-order valence-corrected chi connectivity index (χ0v) is 12.2. The summed E-state index contributed by atoms with van der Waals surface area (Å²) >= 11 is 0. The van der Waals surface area contributed by atoms with E-state index in [1.165, 1.54) is 64.6 Å². The van der Waals surface area contributed by atoms with Crippen molar-refractivity contribution < 1.29 is 0 Å². The summed E-state index contributed by atoms with van der Waals surface area (Å²) in [6, 6.07) is 0.821. The molecular weight excluding hydrogens is 208 g/mol. The Labute approximate surface area is 108 Å². The number of nitrogens with one attached hydrogen (secondary N) is 1. The number of hydrogen-bond acceptors (Lipinski definition) is 2. The predicted octanol–water partition coefficient (Wildman–Crippen LogP) is 3.28. The maximum atomic E-state index is 3.47. The minimum atomic E-state index is 0.821. The molecule has 0 heterocycles. The minimum absolute atomic E-state index is 0.821. The molecule has 2 nitrogen and oxygen atoms in total. The summed E-state index contributed by atoms with van der Waals surface area (Å²) in [7, 11) is 2.30. The topological polar surface area (TPSA) is 15.3 Å². The molecule has 1 aliphatic rings. The van der Waals surface area contributed by atoms with Crippen LogP contribution < -0.4 is 5.32 Å². The van der Waals surface area contributed by atoms with E-state index in [0.29, 0.717) is 0 Å². The van der Waals surface area contributed by atoms with Crippen LogP contribution in [0.3, 0.4) is 0 Å². The Morgan fingerprint density at radius 2 is 1.82 bits per heavy atom. The molecule has 2 heteroatoms. The number of nitrogens with zero attached hydrogens (tertiary/aromatic N) is 1. The van der Waals surface area contributed by atoms with E-state index in [0.717, 1.165) is 12.0 Å². The molecule has 0 radical (unpaired) electrons. The van der Waals surface area contributed by atoms with Gasteiger partial charge in [-0.25, -0.2) is 0 Å². The molecular formula is C15H32N2. The maximum absolute atomic E-state index is 3.47. The van der Waals surface area contributed by atoms with Gasteiger partial charge in [-0.1, -0.05) is 19.8 Å². The van der Waals surface area contributed by atoms with Gasteiger partial charge in [-0.3, -0.25) is 0 Å². The Balaban J connectivity index is 1.83. The third-order valence-electron chi connectivity index (χ3n) is 4.04. The van der Waals surface area contributed by atoms with Gasteiger partial charge < -0.3 is 10.2 Å². The van der Waals surface area contributed by atoms with Crippen molar-refractivity contribution in [3.05, 3.63) is 0 Å². The van der Waals surface area contributed by atoms with Gasteiger partial charge in [0.05, 0.1) is 0 Å². The predicted molar refractivity (Wildman–Crippen MR) is 76.4 cm³/mol. The molecule has 0 bridgehead atoms. The van der Waals surface area contributed by atoms with E-state index in [-0.39, 0.29) is 0 Å². The molecule has 0 aromatic carbocycles. The molecule has 0 aliphatic heterocycles. The van der Waals surface area contributed by atoms with Crippen LogP contribution in [0.1, 0.15) is 58.8 Å². The van der Waals surface area contributed by atoms with Crippen LogP contribution in [0.25, 0.3) is 0 Å². The van der Waals surface area contributed by atoms with Crippen molar-refractivity contribution in [2.24, 2.45) is 5.92 Å². The van der Waals surface area contributed by atoms with Crippen LogP contribution in [0.15, 0.2) is 0 Å². The zero-order chi connectivity index (χ0) is 12.5. The van der Waals surface area contributed by atoms with Crippen molar-refractivity contribution in [1.82, 2.24) is 10.2 Å². The summed E-state index contributed by atoms with van der Waals surface area (Å²) in [5.41, 5.74) is 0. The van der Waals surface area contributed by atoms with E-state index in [4.69, 9.17) is 0 Å². The van der Waals surface area contributed by atoms with E-state index in [1.807, 2.05) is 0 Å². The highest BCUT2D eigenvalue weighted by molar-refractivity contribution is 4.83. The summed E-state index contributed by atoms with van der Waals surface area (Å²) in [5.74, 6) is 1.01. The smallest absolute Gasteiger partial charge is 0.00921 e. The molecule has 1 unspecified atom stereocenters. The average Bonchev–Trinajstić information content (AvgIpc) is 3.15. The summed E-state index contributed by atoms with van der Waals surface area (Å²) in [6.07, 6.45) is 9.70. The molecule has 0 aromatic heterocycles. The Morgan fingerprint density at radius 3 is 2.47 bits per heavy atom. The monoisotopic (exact) mass is 240 g/mol. The van der Waals surface area contributed by atoms with Crippen molar-refractivity contribution in [2.75, 3.05) is 26.7 Å². The van der Waals surface area contributed by atoms with E-state index in [1.54, 1.807) is 0 Å². The van der Waals surface area contributed by atoms with Crippen molar-refractivity contribution in [3.8, 4) is 0 Å². The van der Waals surface area contributed by atoms with E-state index < -0.39 is 0 Å². The van der Waals surface area contributed by atoms with Crippen molar-refractivity contribution in [3.63, 3.8) is 0 Å². The first kappa shape index (κ1) is 15.0. The molecule has 0 aromatic rings. The van der Waals surface area contributed by atoms with Crippen LogP contribution in [0.4, 0.5) is 0 Å². The number of hydrogen-bond donors (Lipinski definition) is 1. The SMILES string of the molecule is CCCNCCCCCCN(C)C(C)C1CC1. The fourth-order valence-corrected chi connectivity index (χ4v) is 2.41. The van der Waals surface area contributed by atoms with Crippen molar-refractivity contribution in [2.45, 2.75) is 64.8 Å². The van der Waals surface area contributed by atoms with Gasteiger partial charge in [0.2, 0.25) is 0 Å². The lowest BCUT2D eigenvalue weighted by atomic mass is 10.1. The highest BCUT2D eigenvalue weighted by atomic mass is 15.1. The van der Waals surface area contributed by atoms with Gasteiger partial charge in [-0.2, -0.15) is 0 Å². The molecule has 1 fully saturated rings. The minimum Gasteiger partial charge on any atom is -0.317 e. The lowest BCUT2D eigenvalue weighted by Crippen LogP contribution is -2.31. The quantitative estimate of drug-likeness (QED) is 0.558. The molecule has 1 rings (SSSR count). The van der Waals surface area contributed by atoms with Crippen LogP contribution in [0.2, 0.25) is 0 Å².